The van der Waals surface area contributed by atoms with E-state index < -0.39 is 22.0 Å². The number of para-hydroxylation sites is 1. The first-order valence-corrected chi connectivity index (χ1v) is 15.6. The molecule has 0 unspecified atom stereocenters. The second kappa shape index (κ2) is 16.0. The number of aliphatic carboxylic acids is 1. The second-order valence-electron chi connectivity index (χ2n) is 11.4. The van der Waals surface area contributed by atoms with Gasteiger partial charge in [-0.3, -0.25) is 14.4 Å². The van der Waals surface area contributed by atoms with Gasteiger partial charge in [-0.1, -0.05) is 26.0 Å². The third-order valence-electron chi connectivity index (χ3n) is 7.07. The van der Waals surface area contributed by atoms with Crippen LogP contribution in [0.25, 0.3) is 0 Å². The van der Waals surface area contributed by atoms with E-state index in [2.05, 4.69) is 29.2 Å². The molecule has 0 saturated carbocycles. The monoisotopic (exact) mass is 597 g/mol. The minimum absolute atomic E-state index is 0.0263. The number of anilines is 1. The highest BCUT2D eigenvalue weighted by Crippen LogP contribution is 2.36. The molecule has 1 amide bonds. The number of fused-ring (bicyclic) bond motifs is 1. The fraction of sp³-hybridized carbons (Fsp3) is 0.679. The number of nitrogens with one attached hydrogen (secondary N) is 3. The number of likely N-dealkylation sites (tertiary alicyclic amines) is 1. The van der Waals surface area contributed by atoms with Gasteiger partial charge in [-0.25, -0.2) is 8.42 Å². The van der Waals surface area contributed by atoms with E-state index in [-0.39, 0.29) is 28.7 Å². The third-order valence-corrected chi connectivity index (χ3v) is 8.59. The van der Waals surface area contributed by atoms with E-state index >= 15 is 0 Å². The summed E-state index contributed by atoms with van der Waals surface area (Å²) >= 11 is 0. The van der Waals surface area contributed by atoms with Gasteiger partial charge in [0.1, 0.15) is 10.9 Å². The molecule has 0 aromatic heterocycles. The van der Waals surface area contributed by atoms with Crippen molar-refractivity contribution in [2.45, 2.75) is 70.7 Å². The van der Waals surface area contributed by atoms with Crippen LogP contribution in [0.5, 0.6) is 0 Å². The molecule has 41 heavy (non-hydrogen) atoms. The largest absolute Gasteiger partial charge is 0.481 e. The Morgan fingerprint density at radius 2 is 1.88 bits per heavy atom. The van der Waals surface area contributed by atoms with Crippen LogP contribution in [0.15, 0.2) is 23.1 Å². The van der Waals surface area contributed by atoms with Crippen LogP contribution in [0, 0.1) is 11.3 Å². The number of carboxylic acid groups (broad SMARTS) is 1. The van der Waals surface area contributed by atoms with Gasteiger partial charge in [0, 0.05) is 40.0 Å². The summed E-state index contributed by atoms with van der Waals surface area (Å²) in [5, 5.41) is 13.9. The molecule has 0 aliphatic carbocycles. The molecule has 1 atom stereocenters. The number of amides is 1. The number of sulfonamides is 1. The van der Waals surface area contributed by atoms with Crippen LogP contribution >= 0.6 is 0 Å². The number of nitrogens with zero attached hydrogens (tertiary/aromatic N) is 1. The van der Waals surface area contributed by atoms with Crippen molar-refractivity contribution in [2.75, 3.05) is 51.2 Å². The van der Waals surface area contributed by atoms with Gasteiger partial charge >= 0.3 is 5.97 Å². The zero-order chi connectivity index (χ0) is 30.6. The van der Waals surface area contributed by atoms with E-state index in [4.69, 9.17) is 20.4 Å². The first-order valence-electron chi connectivity index (χ1n) is 14.2. The summed E-state index contributed by atoms with van der Waals surface area (Å²) in [4.78, 5) is 35.4. The Hall–Kier alpha value is -2.74. The molecule has 2 aliphatic heterocycles. The molecule has 1 aromatic carbocycles. The van der Waals surface area contributed by atoms with Crippen molar-refractivity contribution in [3.8, 4) is 0 Å². The third kappa shape index (κ3) is 11.6. The number of hydrogen-bond donors (Lipinski definition) is 5. The molecule has 2 heterocycles. The van der Waals surface area contributed by atoms with Gasteiger partial charge in [0.2, 0.25) is 15.9 Å². The fourth-order valence-electron chi connectivity index (χ4n) is 4.99. The molecule has 1 saturated heterocycles. The van der Waals surface area contributed by atoms with Crippen molar-refractivity contribution in [3.05, 3.63) is 23.8 Å². The number of ether oxygens (including phenoxy) is 1. The van der Waals surface area contributed by atoms with Crippen molar-refractivity contribution in [2.24, 2.45) is 17.1 Å². The average Bonchev–Trinajstić information content (AvgIpc) is 2.89. The molecular weight excluding hydrogens is 550 g/mol. The summed E-state index contributed by atoms with van der Waals surface area (Å²) in [7, 11) is -3.97. The van der Waals surface area contributed by atoms with E-state index in [9.17, 15) is 18.0 Å². The summed E-state index contributed by atoms with van der Waals surface area (Å²) in [5.41, 5.74) is 7.19. The summed E-state index contributed by atoms with van der Waals surface area (Å²) in [6.45, 7) is 10.2. The van der Waals surface area contributed by atoms with Crippen molar-refractivity contribution < 1.29 is 32.6 Å². The Labute approximate surface area is 243 Å². The molecule has 13 heteroatoms. The number of esters is 1. The smallest absolute Gasteiger partial charge is 0.302 e. The Kier molecular flexibility index (Phi) is 13.5. The number of benzene rings is 1. The lowest BCUT2D eigenvalue weighted by atomic mass is 9.82. The first-order chi connectivity index (χ1) is 19.3. The number of rotatable bonds is 12. The lowest BCUT2D eigenvalue weighted by molar-refractivity contribution is -0.141. The number of carboxylic acids is 1. The average molecular weight is 598 g/mol. The minimum Gasteiger partial charge on any atom is -0.481 e. The summed E-state index contributed by atoms with van der Waals surface area (Å²) in [6, 6.07) is 4.36. The maximum absolute atomic E-state index is 13.6. The van der Waals surface area contributed by atoms with Crippen LogP contribution in [-0.2, 0) is 35.6 Å². The van der Waals surface area contributed by atoms with Crippen LogP contribution in [0.3, 0.4) is 0 Å². The zero-order valence-corrected chi connectivity index (χ0v) is 25.5. The van der Waals surface area contributed by atoms with E-state index in [1.165, 1.54) is 6.92 Å². The number of nitrogens with two attached hydrogens (primary N) is 1. The van der Waals surface area contributed by atoms with Crippen molar-refractivity contribution in [1.82, 2.24) is 14.9 Å². The van der Waals surface area contributed by atoms with E-state index in [1.54, 1.807) is 17.0 Å². The quantitative estimate of drug-likeness (QED) is 0.175. The molecule has 0 spiro atoms. The summed E-state index contributed by atoms with van der Waals surface area (Å²) in [6.07, 6.45) is 3.85. The van der Waals surface area contributed by atoms with Crippen molar-refractivity contribution in [3.63, 3.8) is 0 Å². The normalized spacial score (nSPS) is 17.3. The Morgan fingerprint density at radius 3 is 2.49 bits per heavy atom. The van der Waals surface area contributed by atoms with E-state index in [1.807, 2.05) is 6.07 Å². The first kappa shape index (κ1) is 34.5. The number of carbonyl (C=O) groups is 3. The molecule has 0 radical (unpaired) electrons. The molecule has 1 aromatic rings. The lowest BCUT2D eigenvalue weighted by Gasteiger charge is -2.35. The molecule has 3 rings (SSSR count). The van der Waals surface area contributed by atoms with Crippen LogP contribution in [0.1, 0.15) is 58.9 Å². The van der Waals surface area contributed by atoms with Gasteiger partial charge in [0.15, 0.2) is 0 Å². The highest BCUT2D eigenvalue weighted by Gasteiger charge is 2.34. The SMILES string of the molecule is CC(=O)O.CC(=O)OCCC1CCN(C(=O)[C@H](CNCCCN)NS(=O)(=O)c2cccc3c2NCC(C)(C)C3)CC1. The highest BCUT2D eigenvalue weighted by molar-refractivity contribution is 7.89. The van der Waals surface area contributed by atoms with Gasteiger partial charge < -0.3 is 31.1 Å². The molecule has 6 N–H and O–H groups in total. The standard InChI is InChI=1S/C26H43N5O5S.C2H4O2/c1-19(32)36-15-10-20-8-13-31(14-9-20)25(33)22(17-28-12-5-11-27)30-37(34,35)23-7-4-6-21-16-26(2,3)18-29-24(21)23;1-2(3)4/h4,6-7,20,22,28-30H,5,8-18,27H2,1-3H3;1H3,(H,3,4)/t22-;/m0./s1. The number of carbonyl (C=O) groups excluding carboxylic acids is 2. The Bertz CT molecular complexity index is 1130. The number of piperidine rings is 1. The number of hydrogen-bond acceptors (Lipinski definition) is 9. The predicted molar refractivity (Wildman–Crippen MR) is 157 cm³/mol. The fourth-order valence-corrected chi connectivity index (χ4v) is 6.40. The highest BCUT2D eigenvalue weighted by atomic mass is 32.2. The van der Waals surface area contributed by atoms with Crippen molar-refractivity contribution >= 4 is 33.6 Å². The van der Waals surface area contributed by atoms with Crippen LogP contribution < -0.4 is 21.1 Å². The molecule has 1 fully saturated rings. The molecule has 232 valence electrons. The Balaban J connectivity index is 0.00000138. The van der Waals surface area contributed by atoms with E-state index in [0.717, 1.165) is 44.6 Å². The molecule has 12 nitrogen and oxygen atoms in total. The maximum Gasteiger partial charge on any atom is 0.302 e. The van der Waals surface area contributed by atoms with Crippen LogP contribution in [-0.4, -0.2) is 88.2 Å². The second-order valence-corrected chi connectivity index (χ2v) is 13.1. The van der Waals surface area contributed by atoms with E-state index in [0.29, 0.717) is 50.9 Å². The topological polar surface area (TPSA) is 180 Å². The minimum atomic E-state index is -3.97. The maximum atomic E-state index is 13.6. The summed E-state index contributed by atoms with van der Waals surface area (Å²) in [5.74, 6) is -0.989. The lowest BCUT2D eigenvalue weighted by Crippen LogP contribution is -2.54. The predicted octanol–water partition coefficient (Wildman–Crippen LogP) is 1.55. The van der Waals surface area contributed by atoms with Gasteiger partial charge in [-0.15, -0.1) is 0 Å². The summed E-state index contributed by atoms with van der Waals surface area (Å²) < 4.78 is 34.9. The zero-order valence-electron chi connectivity index (χ0n) is 24.7. The van der Waals surface area contributed by atoms with Crippen LogP contribution in [0.4, 0.5) is 5.69 Å². The molecule has 0 bridgehead atoms. The van der Waals surface area contributed by atoms with Gasteiger partial charge in [-0.2, -0.15) is 4.72 Å². The van der Waals surface area contributed by atoms with Gasteiger partial charge in [0.05, 0.1) is 12.3 Å². The molecular formula is C28H47N5O7S. The van der Waals surface area contributed by atoms with Gasteiger partial charge in [-0.05, 0) is 68.2 Å². The van der Waals surface area contributed by atoms with Crippen molar-refractivity contribution in [1.29, 1.82) is 0 Å². The van der Waals surface area contributed by atoms with Gasteiger partial charge in [0.25, 0.3) is 5.97 Å². The van der Waals surface area contributed by atoms with Crippen LogP contribution in [0.2, 0.25) is 0 Å². The Morgan fingerprint density at radius 1 is 1.22 bits per heavy atom. The molecule has 2 aliphatic rings.